The van der Waals surface area contributed by atoms with Crippen LogP contribution in [0.25, 0.3) is 0 Å². The van der Waals surface area contributed by atoms with Crippen molar-refractivity contribution >= 4 is 45.1 Å². The normalized spacial score (nSPS) is 12.6. The highest BCUT2D eigenvalue weighted by Gasteiger charge is 2.15. The average Bonchev–Trinajstić information content (AvgIpc) is 3.02. The molecule has 124 valence electrons. The highest BCUT2D eigenvalue weighted by molar-refractivity contribution is 9.10. The highest BCUT2D eigenvalue weighted by atomic mass is 79.9. The lowest BCUT2D eigenvalue weighted by molar-refractivity contribution is -0.119. The maximum absolute atomic E-state index is 12.0. The van der Waals surface area contributed by atoms with Crippen molar-refractivity contribution < 1.29 is 14.3 Å². The van der Waals surface area contributed by atoms with Gasteiger partial charge in [0.25, 0.3) is 5.91 Å². The lowest BCUT2D eigenvalue weighted by Gasteiger charge is -2.09. The fourth-order valence-corrected chi connectivity index (χ4v) is 3.27. The smallest absolute Gasteiger partial charge is 0.340 e. The third kappa shape index (κ3) is 3.97. The van der Waals surface area contributed by atoms with Crippen molar-refractivity contribution in [2.24, 2.45) is 0 Å². The number of amides is 1. The predicted octanol–water partition coefficient (Wildman–Crippen LogP) is 4.39. The fourth-order valence-electron chi connectivity index (χ4n) is 2.71. The zero-order valence-electron chi connectivity index (χ0n) is 12.8. The minimum Gasteiger partial charge on any atom is -0.452 e. The van der Waals surface area contributed by atoms with E-state index in [4.69, 9.17) is 16.3 Å². The Morgan fingerprint density at radius 1 is 1.12 bits per heavy atom. The standard InChI is InChI=1S/C18H15BrClNO3/c19-13-5-7-16(20)15(9-13)18(23)24-10-17(22)21-14-6-4-11-2-1-3-12(11)8-14/h4-9H,1-3,10H2,(H,21,22). The van der Waals surface area contributed by atoms with Crippen molar-refractivity contribution in [3.8, 4) is 0 Å². The second kappa shape index (κ2) is 7.36. The molecular formula is C18H15BrClNO3. The number of fused-ring (bicyclic) bond motifs is 1. The van der Waals surface area contributed by atoms with E-state index in [1.54, 1.807) is 18.2 Å². The molecule has 0 heterocycles. The average molecular weight is 409 g/mol. The molecule has 2 aromatic carbocycles. The van der Waals surface area contributed by atoms with E-state index in [0.29, 0.717) is 4.47 Å². The van der Waals surface area contributed by atoms with Gasteiger partial charge in [0.2, 0.25) is 0 Å². The number of ether oxygens (including phenoxy) is 1. The van der Waals surface area contributed by atoms with Crippen LogP contribution in [0.2, 0.25) is 5.02 Å². The van der Waals surface area contributed by atoms with Crippen molar-refractivity contribution in [1.29, 1.82) is 0 Å². The van der Waals surface area contributed by atoms with Crippen molar-refractivity contribution in [2.75, 3.05) is 11.9 Å². The van der Waals surface area contributed by atoms with Crippen LogP contribution in [-0.4, -0.2) is 18.5 Å². The predicted molar refractivity (Wildman–Crippen MR) is 96.5 cm³/mol. The van der Waals surface area contributed by atoms with Gasteiger partial charge in [0.15, 0.2) is 6.61 Å². The molecule has 0 saturated carbocycles. The molecule has 1 amide bonds. The van der Waals surface area contributed by atoms with Gasteiger partial charge in [-0.2, -0.15) is 0 Å². The molecule has 6 heteroatoms. The first-order chi connectivity index (χ1) is 11.5. The van der Waals surface area contributed by atoms with E-state index in [9.17, 15) is 9.59 Å². The van der Waals surface area contributed by atoms with Crippen molar-refractivity contribution in [1.82, 2.24) is 0 Å². The SMILES string of the molecule is O=C(COC(=O)c1cc(Br)ccc1Cl)Nc1ccc2c(c1)CCC2. The van der Waals surface area contributed by atoms with E-state index in [0.717, 1.165) is 24.9 Å². The molecule has 0 radical (unpaired) electrons. The first-order valence-corrected chi connectivity index (χ1v) is 8.74. The van der Waals surface area contributed by atoms with Gasteiger partial charge in [0, 0.05) is 10.2 Å². The monoisotopic (exact) mass is 407 g/mol. The minimum atomic E-state index is -0.634. The minimum absolute atomic E-state index is 0.219. The number of hydrogen-bond donors (Lipinski definition) is 1. The van der Waals surface area contributed by atoms with E-state index in [1.165, 1.54) is 11.1 Å². The molecule has 4 nitrogen and oxygen atoms in total. The van der Waals surface area contributed by atoms with E-state index >= 15 is 0 Å². The summed E-state index contributed by atoms with van der Waals surface area (Å²) in [4.78, 5) is 24.0. The van der Waals surface area contributed by atoms with Gasteiger partial charge in [-0.3, -0.25) is 4.79 Å². The summed E-state index contributed by atoms with van der Waals surface area (Å²) in [6.45, 7) is -0.362. The molecule has 0 fully saturated rings. The van der Waals surface area contributed by atoms with Gasteiger partial charge in [-0.1, -0.05) is 33.6 Å². The Hall–Kier alpha value is -1.85. The molecule has 3 rings (SSSR count). The molecule has 24 heavy (non-hydrogen) atoms. The van der Waals surface area contributed by atoms with Gasteiger partial charge < -0.3 is 10.1 Å². The number of carbonyl (C=O) groups excluding carboxylic acids is 2. The first kappa shape index (κ1) is 17.0. The third-order valence-corrected chi connectivity index (χ3v) is 4.69. The molecule has 1 aliphatic carbocycles. The van der Waals surface area contributed by atoms with E-state index < -0.39 is 5.97 Å². The molecule has 0 aromatic heterocycles. The summed E-state index contributed by atoms with van der Waals surface area (Å²) in [5.74, 6) is -1.02. The highest BCUT2D eigenvalue weighted by Crippen LogP contribution is 2.25. The lowest BCUT2D eigenvalue weighted by atomic mass is 10.1. The topological polar surface area (TPSA) is 55.4 Å². The summed E-state index contributed by atoms with van der Waals surface area (Å²) in [5.41, 5.74) is 3.54. The molecule has 2 aromatic rings. The Bertz CT molecular complexity index is 807. The zero-order chi connectivity index (χ0) is 17.1. The second-order valence-electron chi connectivity index (χ2n) is 5.59. The van der Waals surface area contributed by atoms with Crippen LogP contribution in [-0.2, 0) is 22.4 Å². The largest absolute Gasteiger partial charge is 0.452 e. The number of aryl methyl sites for hydroxylation is 2. The van der Waals surface area contributed by atoms with E-state index in [2.05, 4.69) is 21.2 Å². The molecule has 1 aliphatic rings. The van der Waals surface area contributed by atoms with Crippen molar-refractivity contribution in [3.05, 3.63) is 62.6 Å². The first-order valence-electron chi connectivity index (χ1n) is 7.57. The van der Waals surface area contributed by atoms with Crippen molar-refractivity contribution in [2.45, 2.75) is 19.3 Å². The molecule has 1 N–H and O–H groups in total. The van der Waals surface area contributed by atoms with Crippen LogP contribution < -0.4 is 5.32 Å². The summed E-state index contributed by atoms with van der Waals surface area (Å²) in [6, 6.07) is 10.8. The number of anilines is 1. The Morgan fingerprint density at radius 3 is 2.75 bits per heavy atom. The maximum atomic E-state index is 12.0. The summed E-state index contributed by atoms with van der Waals surface area (Å²) in [5, 5.41) is 3.03. The Labute approximate surface area is 153 Å². The number of nitrogens with one attached hydrogen (secondary N) is 1. The van der Waals surface area contributed by atoms with Crippen LogP contribution >= 0.6 is 27.5 Å². The van der Waals surface area contributed by atoms with Gasteiger partial charge >= 0.3 is 5.97 Å². The lowest BCUT2D eigenvalue weighted by Crippen LogP contribution is -2.21. The summed E-state index contributed by atoms with van der Waals surface area (Å²) in [7, 11) is 0. The second-order valence-corrected chi connectivity index (χ2v) is 6.91. The third-order valence-electron chi connectivity index (χ3n) is 3.86. The summed E-state index contributed by atoms with van der Waals surface area (Å²) < 4.78 is 5.74. The molecule has 0 unspecified atom stereocenters. The van der Waals surface area contributed by atoms with Crippen LogP contribution in [0.4, 0.5) is 5.69 Å². The summed E-state index contributed by atoms with van der Waals surface area (Å²) >= 11 is 9.24. The maximum Gasteiger partial charge on any atom is 0.340 e. The number of esters is 1. The molecule has 0 atom stereocenters. The van der Waals surface area contributed by atoms with Crippen LogP contribution in [0.3, 0.4) is 0 Å². The van der Waals surface area contributed by atoms with Gasteiger partial charge in [-0.05, 0) is 60.7 Å². The van der Waals surface area contributed by atoms with Crippen LogP contribution in [0.1, 0.15) is 27.9 Å². The number of carbonyl (C=O) groups is 2. The van der Waals surface area contributed by atoms with E-state index in [1.807, 2.05) is 18.2 Å². The number of rotatable bonds is 4. The molecule has 0 spiro atoms. The Morgan fingerprint density at radius 2 is 1.92 bits per heavy atom. The number of benzene rings is 2. The fraction of sp³-hybridized carbons (Fsp3) is 0.222. The zero-order valence-corrected chi connectivity index (χ0v) is 15.1. The number of hydrogen-bond acceptors (Lipinski definition) is 3. The van der Waals surface area contributed by atoms with Crippen LogP contribution in [0.15, 0.2) is 40.9 Å². The molecule has 0 aliphatic heterocycles. The van der Waals surface area contributed by atoms with Gasteiger partial charge in [-0.25, -0.2) is 4.79 Å². The van der Waals surface area contributed by atoms with Gasteiger partial charge in [-0.15, -0.1) is 0 Å². The Balaban J connectivity index is 1.57. The molecule has 0 saturated heterocycles. The van der Waals surface area contributed by atoms with Gasteiger partial charge in [0.1, 0.15) is 0 Å². The quantitative estimate of drug-likeness (QED) is 0.764. The van der Waals surface area contributed by atoms with Crippen LogP contribution in [0, 0.1) is 0 Å². The van der Waals surface area contributed by atoms with Gasteiger partial charge in [0.05, 0.1) is 10.6 Å². The van der Waals surface area contributed by atoms with Crippen molar-refractivity contribution in [3.63, 3.8) is 0 Å². The number of halogens is 2. The molecular weight excluding hydrogens is 394 g/mol. The van der Waals surface area contributed by atoms with E-state index in [-0.39, 0.29) is 23.1 Å². The van der Waals surface area contributed by atoms with Crippen LogP contribution in [0.5, 0.6) is 0 Å². The Kier molecular flexibility index (Phi) is 5.21. The molecule has 0 bridgehead atoms. The summed E-state index contributed by atoms with van der Waals surface area (Å²) in [6.07, 6.45) is 3.28.